The predicted octanol–water partition coefficient (Wildman–Crippen LogP) is 4.16. The van der Waals surface area contributed by atoms with Crippen LogP contribution in [0.5, 0.6) is 0 Å². The lowest BCUT2D eigenvalue weighted by Gasteiger charge is -2.24. The van der Waals surface area contributed by atoms with Gasteiger partial charge in [0.2, 0.25) is 11.8 Å². The molecule has 1 atom stereocenters. The van der Waals surface area contributed by atoms with Crippen molar-refractivity contribution in [3.63, 3.8) is 0 Å². The smallest absolute Gasteiger partial charge is 0.248 e. The highest BCUT2D eigenvalue weighted by molar-refractivity contribution is 9.25. The van der Waals surface area contributed by atoms with Crippen LogP contribution in [0, 0.1) is 11.3 Å². The van der Waals surface area contributed by atoms with Crippen LogP contribution in [0.1, 0.15) is 45.1 Å². The number of hydrazone groups is 1. The molecule has 5 nitrogen and oxygen atoms in total. The summed E-state index contributed by atoms with van der Waals surface area (Å²) >= 11 is 6.97. The van der Waals surface area contributed by atoms with Crippen molar-refractivity contribution in [3.05, 3.63) is 29.8 Å². The number of nitrogens with zero attached hydrogens (tertiary/aromatic N) is 1. The highest BCUT2D eigenvalue weighted by Crippen LogP contribution is 2.66. The van der Waals surface area contributed by atoms with Gasteiger partial charge in [-0.05, 0) is 50.8 Å². The van der Waals surface area contributed by atoms with Crippen LogP contribution in [0.2, 0.25) is 0 Å². The number of nitrogens with one attached hydrogen (secondary N) is 2. The molecular weight excluding hydrogens is 450 g/mol. The molecule has 1 aromatic rings. The van der Waals surface area contributed by atoms with E-state index in [2.05, 4.69) is 47.7 Å². The molecule has 0 spiro atoms. The van der Waals surface area contributed by atoms with Gasteiger partial charge in [0.25, 0.3) is 0 Å². The number of amides is 2. The summed E-state index contributed by atoms with van der Waals surface area (Å²) in [6.07, 6.45) is 3.79. The molecule has 0 aliphatic heterocycles. The van der Waals surface area contributed by atoms with Crippen LogP contribution in [0.15, 0.2) is 29.4 Å². The average molecular weight is 471 g/mol. The summed E-state index contributed by atoms with van der Waals surface area (Å²) in [5.41, 5.74) is 4.43. The molecule has 0 bridgehead atoms. The third-order valence-corrected chi connectivity index (χ3v) is 7.42. The van der Waals surface area contributed by atoms with Crippen LogP contribution in [-0.2, 0) is 9.59 Å². The molecule has 2 aliphatic carbocycles. The maximum atomic E-state index is 12.3. The van der Waals surface area contributed by atoms with Crippen molar-refractivity contribution in [2.45, 2.75) is 42.8 Å². The number of alkyl halides is 2. The van der Waals surface area contributed by atoms with E-state index in [0.717, 1.165) is 30.5 Å². The molecule has 2 N–H and O–H groups in total. The highest BCUT2D eigenvalue weighted by atomic mass is 79.9. The van der Waals surface area contributed by atoms with Crippen molar-refractivity contribution in [1.29, 1.82) is 0 Å². The molecule has 2 saturated carbocycles. The first kappa shape index (κ1) is 18.6. The quantitative estimate of drug-likeness (QED) is 0.385. The zero-order valence-corrected chi connectivity index (χ0v) is 17.4. The fraction of sp³-hybridized carbons (Fsp3) is 0.500. The van der Waals surface area contributed by atoms with Gasteiger partial charge in [-0.15, -0.1) is 0 Å². The summed E-state index contributed by atoms with van der Waals surface area (Å²) in [5.74, 6) is 0.0970. The Hall–Kier alpha value is -1.21. The largest absolute Gasteiger partial charge is 0.326 e. The van der Waals surface area contributed by atoms with Crippen molar-refractivity contribution in [2.24, 2.45) is 16.4 Å². The fourth-order valence-corrected chi connectivity index (χ4v) is 4.19. The monoisotopic (exact) mass is 469 g/mol. The number of anilines is 1. The summed E-state index contributed by atoms with van der Waals surface area (Å²) < 4.78 is -0.341. The van der Waals surface area contributed by atoms with E-state index in [0.29, 0.717) is 12.1 Å². The van der Waals surface area contributed by atoms with E-state index in [-0.39, 0.29) is 21.0 Å². The van der Waals surface area contributed by atoms with Crippen molar-refractivity contribution in [2.75, 3.05) is 5.32 Å². The number of hydrogen-bond acceptors (Lipinski definition) is 3. The Kier molecular flexibility index (Phi) is 5.08. The van der Waals surface area contributed by atoms with Crippen molar-refractivity contribution in [1.82, 2.24) is 5.43 Å². The van der Waals surface area contributed by atoms with E-state index in [4.69, 9.17) is 0 Å². The number of hydrogen-bond donors (Lipinski definition) is 2. The van der Waals surface area contributed by atoms with Gasteiger partial charge in [-0.1, -0.05) is 50.4 Å². The van der Waals surface area contributed by atoms with Crippen molar-refractivity contribution < 1.29 is 9.59 Å². The lowest BCUT2D eigenvalue weighted by molar-refractivity contribution is -0.125. The summed E-state index contributed by atoms with van der Waals surface area (Å²) in [4.78, 5) is 24.3. The van der Waals surface area contributed by atoms with Gasteiger partial charge in [-0.25, -0.2) is 5.43 Å². The maximum absolute atomic E-state index is 12.3. The molecule has 7 heteroatoms. The van der Waals surface area contributed by atoms with Crippen LogP contribution >= 0.6 is 31.9 Å². The summed E-state index contributed by atoms with van der Waals surface area (Å²) in [6.45, 7) is 3.71. The third-order valence-electron chi connectivity index (χ3n) is 5.11. The first-order valence-electron chi connectivity index (χ1n) is 8.37. The van der Waals surface area contributed by atoms with Crippen LogP contribution in [0.4, 0.5) is 5.69 Å². The Bertz CT molecular complexity index is 744. The van der Waals surface area contributed by atoms with Gasteiger partial charge in [0.15, 0.2) is 0 Å². The third kappa shape index (κ3) is 3.82. The molecule has 2 amide bonds. The molecular formula is C18H21Br2N3O2. The van der Waals surface area contributed by atoms with E-state index in [9.17, 15) is 9.59 Å². The second-order valence-corrected chi connectivity index (χ2v) is 10.8. The van der Waals surface area contributed by atoms with Crippen molar-refractivity contribution in [3.8, 4) is 0 Å². The lowest BCUT2D eigenvalue weighted by atomic mass is 9.85. The van der Waals surface area contributed by atoms with Crippen LogP contribution in [0.3, 0.4) is 0 Å². The topological polar surface area (TPSA) is 70.6 Å². The first-order valence-corrected chi connectivity index (χ1v) is 9.95. The molecule has 2 aliphatic rings. The number of carbonyl (C=O) groups excluding carboxylic acids is 2. The van der Waals surface area contributed by atoms with Gasteiger partial charge in [0.1, 0.15) is 0 Å². The van der Waals surface area contributed by atoms with Gasteiger partial charge in [0, 0.05) is 11.6 Å². The Morgan fingerprint density at radius 2 is 1.96 bits per heavy atom. The Balaban J connectivity index is 1.63. The Labute approximate surface area is 164 Å². The van der Waals surface area contributed by atoms with Crippen molar-refractivity contribution >= 4 is 55.1 Å². The molecule has 0 radical (unpaired) electrons. The molecule has 134 valence electrons. The minimum absolute atomic E-state index is 0.0823. The van der Waals surface area contributed by atoms with Gasteiger partial charge < -0.3 is 5.32 Å². The average Bonchev–Trinajstić information content (AvgIpc) is 3.02. The molecule has 0 aromatic heterocycles. The molecule has 25 heavy (non-hydrogen) atoms. The summed E-state index contributed by atoms with van der Waals surface area (Å²) in [5, 5.41) is 7.17. The minimum Gasteiger partial charge on any atom is -0.326 e. The molecule has 0 saturated heterocycles. The van der Waals surface area contributed by atoms with Crippen LogP contribution in [-0.4, -0.2) is 20.8 Å². The standard InChI is InChI=1S/C18H21Br2N3O2/c1-11(22-23-16(25)17(2)10-18(17,19)20)13-7-4-8-14(9-13)21-15(24)12-5-3-6-12/h4,7-9,12H,3,5-6,10H2,1-2H3,(H,21,24)(H,23,25)/t17-/m1/s1. The van der Waals surface area contributed by atoms with Crippen LogP contribution in [0.25, 0.3) is 0 Å². The molecule has 2 fully saturated rings. The SMILES string of the molecule is CC(=NNC(=O)[C@@]1(C)CC1(Br)Br)c1cccc(NC(=O)C2CCC2)c1. The zero-order valence-electron chi connectivity index (χ0n) is 14.2. The Morgan fingerprint density at radius 1 is 1.28 bits per heavy atom. The van der Waals surface area contributed by atoms with Gasteiger partial charge in [-0.2, -0.15) is 5.10 Å². The normalized spacial score (nSPS) is 25.0. The van der Waals surface area contributed by atoms with Gasteiger partial charge >= 0.3 is 0 Å². The Morgan fingerprint density at radius 3 is 2.52 bits per heavy atom. The maximum Gasteiger partial charge on any atom is 0.248 e. The number of halogens is 2. The highest BCUT2D eigenvalue weighted by Gasteiger charge is 2.66. The van der Waals surface area contributed by atoms with E-state index in [1.54, 1.807) is 0 Å². The van der Waals surface area contributed by atoms with E-state index < -0.39 is 5.41 Å². The van der Waals surface area contributed by atoms with Gasteiger partial charge in [0.05, 0.1) is 14.4 Å². The van der Waals surface area contributed by atoms with E-state index in [1.165, 1.54) is 0 Å². The predicted molar refractivity (Wildman–Crippen MR) is 106 cm³/mol. The number of rotatable bonds is 5. The second-order valence-electron chi connectivity index (χ2n) is 7.05. The number of benzene rings is 1. The number of carbonyl (C=O) groups is 2. The summed E-state index contributed by atoms with van der Waals surface area (Å²) in [7, 11) is 0. The molecule has 1 aromatic carbocycles. The second kappa shape index (κ2) is 6.83. The fourth-order valence-electron chi connectivity index (χ4n) is 2.71. The minimum atomic E-state index is -0.505. The molecule has 0 unspecified atom stereocenters. The van der Waals surface area contributed by atoms with E-state index in [1.807, 2.05) is 38.1 Å². The lowest BCUT2D eigenvalue weighted by Crippen LogP contribution is -2.30. The van der Waals surface area contributed by atoms with Gasteiger partial charge in [-0.3, -0.25) is 9.59 Å². The van der Waals surface area contributed by atoms with Crippen LogP contribution < -0.4 is 10.7 Å². The first-order chi connectivity index (χ1) is 11.7. The summed E-state index contributed by atoms with van der Waals surface area (Å²) in [6, 6.07) is 7.51. The van der Waals surface area contributed by atoms with E-state index >= 15 is 0 Å². The molecule has 0 heterocycles. The molecule has 3 rings (SSSR count). The zero-order chi connectivity index (χ0) is 18.2.